The molecular weight excluding hydrogens is 348 g/mol. The number of pyridine rings is 1. The highest BCUT2D eigenvalue weighted by molar-refractivity contribution is 5.43. The van der Waals surface area contributed by atoms with Gasteiger partial charge in [0.2, 0.25) is 0 Å². The van der Waals surface area contributed by atoms with E-state index in [0.29, 0.717) is 0 Å². The summed E-state index contributed by atoms with van der Waals surface area (Å²) in [6, 6.07) is 17.0. The summed E-state index contributed by atoms with van der Waals surface area (Å²) in [6.07, 6.45) is 3.69. The summed E-state index contributed by atoms with van der Waals surface area (Å²) in [5, 5.41) is 0. The van der Waals surface area contributed by atoms with Gasteiger partial charge in [0, 0.05) is 32.0 Å². The number of hydrogen-bond acceptors (Lipinski definition) is 4. The molecule has 0 radical (unpaired) electrons. The molecule has 0 aliphatic carbocycles. The molecule has 0 saturated carbocycles. The van der Waals surface area contributed by atoms with Gasteiger partial charge in [-0.25, -0.2) is 0 Å². The Hall–Kier alpha value is -2.85. The number of aromatic nitrogens is 1. The Balaban J connectivity index is 1.84. The van der Waals surface area contributed by atoms with Gasteiger partial charge in [-0.2, -0.15) is 0 Å². The van der Waals surface area contributed by atoms with Crippen LogP contribution < -0.4 is 9.47 Å². The highest BCUT2D eigenvalue weighted by atomic mass is 16.5. The van der Waals surface area contributed by atoms with Gasteiger partial charge in [0.15, 0.2) is 11.5 Å². The summed E-state index contributed by atoms with van der Waals surface area (Å²) >= 11 is 0. The fraction of sp³-hybridized carbons (Fsp3) is 0.292. The van der Waals surface area contributed by atoms with Crippen molar-refractivity contribution in [3.8, 4) is 11.5 Å². The SMILES string of the molecule is COc1ccc(CN(Cc2ccncc2)Cc2ccc(C)c(C)c2)cc1OC. The third-order valence-corrected chi connectivity index (χ3v) is 4.99. The minimum atomic E-state index is 0.751. The standard InChI is InChI=1S/C24H28N2O2/c1-18-5-6-21(13-19(18)2)16-26(15-20-9-11-25-12-10-20)17-22-7-8-23(27-3)24(14-22)28-4/h5-14H,15-17H2,1-4H3. The van der Waals surface area contributed by atoms with E-state index in [0.717, 1.165) is 31.1 Å². The molecule has 0 unspecified atom stereocenters. The zero-order valence-corrected chi connectivity index (χ0v) is 17.1. The van der Waals surface area contributed by atoms with Gasteiger partial charge in [-0.3, -0.25) is 9.88 Å². The van der Waals surface area contributed by atoms with Gasteiger partial charge >= 0.3 is 0 Å². The molecular formula is C24H28N2O2. The highest BCUT2D eigenvalue weighted by Crippen LogP contribution is 2.28. The van der Waals surface area contributed by atoms with Gasteiger partial charge in [-0.15, -0.1) is 0 Å². The number of methoxy groups -OCH3 is 2. The number of nitrogens with zero attached hydrogens (tertiary/aromatic N) is 2. The molecule has 0 N–H and O–H groups in total. The summed E-state index contributed by atoms with van der Waals surface area (Å²) in [4.78, 5) is 6.57. The molecule has 4 nitrogen and oxygen atoms in total. The summed E-state index contributed by atoms with van der Waals surface area (Å²) in [6.45, 7) is 6.86. The molecule has 28 heavy (non-hydrogen) atoms. The van der Waals surface area contributed by atoms with Crippen molar-refractivity contribution in [1.29, 1.82) is 0 Å². The Morgan fingerprint density at radius 2 is 1.29 bits per heavy atom. The molecule has 3 aromatic rings. The molecule has 0 saturated heterocycles. The fourth-order valence-corrected chi connectivity index (χ4v) is 3.31. The van der Waals surface area contributed by atoms with E-state index in [9.17, 15) is 0 Å². The Morgan fingerprint density at radius 1 is 0.679 bits per heavy atom. The predicted octanol–water partition coefficient (Wildman–Crippen LogP) is 4.92. The molecule has 0 aliphatic heterocycles. The van der Waals surface area contributed by atoms with Crippen LogP contribution in [-0.4, -0.2) is 24.1 Å². The summed E-state index contributed by atoms with van der Waals surface area (Å²) in [5.74, 6) is 1.51. The molecule has 1 aromatic heterocycles. The summed E-state index contributed by atoms with van der Waals surface area (Å²) in [5.41, 5.74) is 6.41. The first kappa shape index (κ1) is 19.9. The van der Waals surface area contributed by atoms with Gasteiger partial charge in [-0.05, 0) is 65.9 Å². The zero-order valence-electron chi connectivity index (χ0n) is 17.1. The van der Waals surface area contributed by atoms with Crippen LogP contribution in [0.3, 0.4) is 0 Å². The Kier molecular flexibility index (Phi) is 6.66. The van der Waals surface area contributed by atoms with Crippen LogP contribution in [0.25, 0.3) is 0 Å². The Morgan fingerprint density at radius 3 is 1.93 bits per heavy atom. The normalized spacial score (nSPS) is 10.9. The average Bonchev–Trinajstić information content (AvgIpc) is 2.71. The van der Waals surface area contributed by atoms with Crippen molar-refractivity contribution in [3.05, 3.63) is 88.7 Å². The van der Waals surface area contributed by atoms with Crippen molar-refractivity contribution in [3.63, 3.8) is 0 Å². The first-order valence-corrected chi connectivity index (χ1v) is 9.47. The van der Waals surface area contributed by atoms with Crippen LogP contribution in [0.4, 0.5) is 0 Å². The first-order valence-electron chi connectivity index (χ1n) is 9.47. The molecule has 4 heteroatoms. The van der Waals surface area contributed by atoms with E-state index in [1.807, 2.05) is 18.5 Å². The highest BCUT2D eigenvalue weighted by Gasteiger charge is 2.12. The average molecular weight is 377 g/mol. The van der Waals surface area contributed by atoms with E-state index in [-0.39, 0.29) is 0 Å². The quantitative estimate of drug-likeness (QED) is 0.559. The lowest BCUT2D eigenvalue weighted by molar-refractivity contribution is 0.247. The van der Waals surface area contributed by atoms with E-state index in [2.05, 4.69) is 66.2 Å². The van der Waals surface area contributed by atoms with Crippen molar-refractivity contribution in [2.24, 2.45) is 0 Å². The molecule has 2 aromatic carbocycles. The van der Waals surface area contributed by atoms with Crippen LogP contribution in [0.5, 0.6) is 11.5 Å². The zero-order chi connectivity index (χ0) is 19.9. The van der Waals surface area contributed by atoms with Crippen molar-refractivity contribution < 1.29 is 9.47 Å². The van der Waals surface area contributed by atoms with Gasteiger partial charge in [-0.1, -0.05) is 24.3 Å². The lowest BCUT2D eigenvalue weighted by Gasteiger charge is -2.23. The van der Waals surface area contributed by atoms with Gasteiger partial charge in [0.05, 0.1) is 14.2 Å². The molecule has 1 heterocycles. The second-order valence-corrected chi connectivity index (χ2v) is 7.11. The minimum absolute atomic E-state index is 0.751. The van der Waals surface area contributed by atoms with E-state index in [1.54, 1.807) is 14.2 Å². The maximum atomic E-state index is 5.47. The van der Waals surface area contributed by atoms with Gasteiger partial charge < -0.3 is 9.47 Å². The smallest absolute Gasteiger partial charge is 0.161 e. The van der Waals surface area contributed by atoms with Crippen LogP contribution in [0, 0.1) is 13.8 Å². The maximum Gasteiger partial charge on any atom is 0.161 e. The number of benzene rings is 2. The van der Waals surface area contributed by atoms with E-state index < -0.39 is 0 Å². The molecule has 0 spiro atoms. The predicted molar refractivity (Wildman–Crippen MR) is 113 cm³/mol. The van der Waals surface area contributed by atoms with Crippen LogP contribution in [0.15, 0.2) is 60.9 Å². The third-order valence-electron chi connectivity index (χ3n) is 4.99. The molecule has 0 atom stereocenters. The summed E-state index contributed by atoms with van der Waals surface area (Å²) in [7, 11) is 3.33. The number of hydrogen-bond donors (Lipinski definition) is 0. The van der Waals surface area contributed by atoms with E-state index in [1.165, 1.54) is 27.8 Å². The molecule has 146 valence electrons. The lowest BCUT2D eigenvalue weighted by atomic mass is 10.1. The van der Waals surface area contributed by atoms with Crippen LogP contribution in [0.1, 0.15) is 27.8 Å². The second-order valence-electron chi connectivity index (χ2n) is 7.11. The molecule has 0 bridgehead atoms. The van der Waals surface area contributed by atoms with Crippen molar-refractivity contribution in [1.82, 2.24) is 9.88 Å². The van der Waals surface area contributed by atoms with Gasteiger partial charge in [0.25, 0.3) is 0 Å². The van der Waals surface area contributed by atoms with E-state index >= 15 is 0 Å². The van der Waals surface area contributed by atoms with Gasteiger partial charge in [0.1, 0.15) is 0 Å². The number of rotatable bonds is 8. The Bertz CT molecular complexity index is 910. The lowest BCUT2D eigenvalue weighted by Crippen LogP contribution is -2.22. The topological polar surface area (TPSA) is 34.6 Å². The molecule has 0 fully saturated rings. The molecule has 0 aliphatic rings. The second kappa shape index (κ2) is 9.38. The van der Waals surface area contributed by atoms with Crippen molar-refractivity contribution >= 4 is 0 Å². The van der Waals surface area contributed by atoms with Crippen LogP contribution in [-0.2, 0) is 19.6 Å². The molecule has 0 amide bonds. The minimum Gasteiger partial charge on any atom is -0.493 e. The largest absolute Gasteiger partial charge is 0.493 e. The Labute approximate surface area is 167 Å². The number of ether oxygens (including phenoxy) is 2. The van der Waals surface area contributed by atoms with E-state index in [4.69, 9.17) is 9.47 Å². The van der Waals surface area contributed by atoms with Crippen LogP contribution >= 0.6 is 0 Å². The maximum absolute atomic E-state index is 5.47. The first-order chi connectivity index (χ1) is 13.6. The molecule has 3 rings (SSSR count). The third kappa shape index (κ3) is 5.11. The van der Waals surface area contributed by atoms with Crippen molar-refractivity contribution in [2.45, 2.75) is 33.5 Å². The van der Waals surface area contributed by atoms with Crippen LogP contribution in [0.2, 0.25) is 0 Å². The summed E-state index contributed by atoms with van der Waals surface area (Å²) < 4.78 is 10.8. The monoisotopic (exact) mass is 376 g/mol. The van der Waals surface area contributed by atoms with Crippen molar-refractivity contribution in [2.75, 3.05) is 14.2 Å². The number of aryl methyl sites for hydroxylation is 2. The fourth-order valence-electron chi connectivity index (χ4n) is 3.31.